The first kappa shape index (κ1) is 20.5. The van der Waals surface area contributed by atoms with Crippen molar-refractivity contribution in [1.82, 2.24) is 0 Å². The van der Waals surface area contributed by atoms with Gasteiger partial charge < -0.3 is 23.4 Å². The summed E-state index contributed by atoms with van der Waals surface area (Å²) in [6, 6.07) is 6.48. The fourth-order valence-electron chi connectivity index (χ4n) is 2.48. The van der Waals surface area contributed by atoms with Gasteiger partial charge in [-0.1, -0.05) is 11.6 Å². The van der Waals surface area contributed by atoms with E-state index in [0.717, 1.165) is 0 Å². The lowest BCUT2D eigenvalue weighted by Gasteiger charge is -2.14. The second-order valence-electron chi connectivity index (χ2n) is 5.67. The number of halogens is 1. The molecule has 29 heavy (non-hydrogen) atoms. The Morgan fingerprint density at radius 3 is 2.76 bits per heavy atom. The number of carbonyl (C=O) groups excluding carboxylic acids is 2. The molecule has 0 saturated carbocycles. The Hall–Kier alpha value is -3.26. The van der Waals surface area contributed by atoms with Crippen LogP contribution in [0.15, 0.2) is 45.6 Å². The molecule has 1 aromatic carbocycles. The van der Waals surface area contributed by atoms with Gasteiger partial charge in [-0.05, 0) is 49.8 Å². The Morgan fingerprint density at radius 2 is 2.07 bits per heavy atom. The monoisotopic (exact) mass is 419 g/mol. The van der Waals surface area contributed by atoms with Gasteiger partial charge in [-0.15, -0.1) is 0 Å². The number of rotatable bonds is 8. The number of hydrogen-bond donors (Lipinski definition) is 0. The van der Waals surface area contributed by atoms with Gasteiger partial charge in [0.25, 0.3) is 5.90 Å². The van der Waals surface area contributed by atoms with Gasteiger partial charge in [0, 0.05) is 0 Å². The number of nitrogens with zero attached hydrogens (tertiary/aromatic N) is 1. The quantitative estimate of drug-likeness (QED) is 0.476. The Balaban J connectivity index is 1.87. The number of ether oxygens (including phenoxy) is 4. The van der Waals surface area contributed by atoms with E-state index in [9.17, 15) is 9.59 Å². The van der Waals surface area contributed by atoms with Crippen molar-refractivity contribution in [1.29, 1.82) is 0 Å². The van der Waals surface area contributed by atoms with E-state index in [1.54, 1.807) is 38.1 Å². The number of furan rings is 1. The average molecular weight is 420 g/mol. The molecule has 1 aliphatic rings. The minimum absolute atomic E-state index is 0.0788. The van der Waals surface area contributed by atoms with Gasteiger partial charge in [0.05, 0.1) is 24.5 Å². The number of hydrogen-bond acceptors (Lipinski definition) is 8. The summed E-state index contributed by atoms with van der Waals surface area (Å²) in [6.07, 6.45) is 2.96. The molecule has 0 N–H and O–H groups in total. The highest BCUT2D eigenvalue weighted by atomic mass is 35.5. The van der Waals surface area contributed by atoms with E-state index in [1.807, 2.05) is 0 Å². The molecule has 0 amide bonds. The molecule has 2 heterocycles. The predicted molar refractivity (Wildman–Crippen MR) is 104 cm³/mol. The average Bonchev–Trinajstić information content (AvgIpc) is 3.32. The van der Waals surface area contributed by atoms with Crippen LogP contribution in [0.4, 0.5) is 0 Å². The molecule has 0 atom stereocenters. The first-order chi connectivity index (χ1) is 14.0. The molecule has 3 rings (SSSR count). The topological polar surface area (TPSA) is 96.6 Å². The van der Waals surface area contributed by atoms with Gasteiger partial charge in [-0.3, -0.25) is 0 Å². The van der Waals surface area contributed by atoms with Crippen LogP contribution in [0.3, 0.4) is 0 Å². The van der Waals surface area contributed by atoms with Gasteiger partial charge in [-0.2, -0.15) is 0 Å². The molecule has 0 saturated heterocycles. The van der Waals surface area contributed by atoms with Crippen LogP contribution < -0.4 is 9.47 Å². The van der Waals surface area contributed by atoms with Gasteiger partial charge in [0.15, 0.2) is 29.6 Å². The number of carbonyl (C=O) groups is 2. The molecule has 0 aliphatic carbocycles. The number of cyclic esters (lactones) is 1. The fraction of sp³-hybridized carbons (Fsp3) is 0.250. The fourth-order valence-corrected chi connectivity index (χ4v) is 2.75. The Morgan fingerprint density at radius 1 is 1.24 bits per heavy atom. The zero-order valence-electron chi connectivity index (χ0n) is 15.8. The van der Waals surface area contributed by atoms with Crippen molar-refractivity contribution in [2.75, 3.05) is 19.8 Å². The smallest absolute Gasteiger partial charge is 0.363 e. The maximum atomic E-state index is 12.1. The van der Waals surface area contributed by atoms with Crippen LogP contribution in [0, 0.1) is 0 Å². The lowest BCUT2D eigenvalue weighted by molar-refractivity contribution is -0.145. The minimum atomic E-state index is -0.617. The van der Waals surface area contributed by atoms with Crippen molar-refractivity contribution < 1.29 is 33.0 Å². The largest absolute Gasteiger partial charge is 0.490 e. The Bertz CT molecular complexity index is 963. The standard InChI is InChI=1S/C20H18ClNO7/c1-3-25-16-10-12(8-13(21)18(16)28-11-17(23)26-4-2)9-14-20(24)29-19(22-14)15-6-5-7-27-15/h5-10H,3-4,11H2,1-2H3. The summed E-state index contributed by atoms with van der Waals surface area (Å²) >= 11 is 6.31. The summed E-state index contributed by atoms with van der Waals surface area (Å²) in [5.74, 6) is -0.191. The number of esters is 2. The first-order valence-corrected chi connectivity index (χ1v) is 9.20. The summed E-state index contributed by atoms with van der Waals surface area (Å²) in [7, 11) is 0. The highest BCUT2D eigenvalue weighted by Crippen LogP contribution is 2.37. The molecule has 0 fully saturated rings. The van der Waals surface area contributed by atoms with E-state index < -0.39 is 11.9 Å². The van der Waals surface area contributed by atoms with Crippen molar-refractivity contribution >= 4 is 35.5 Å². The van der Waals surface area contributed by atoms with Crippen LogP contribution in [-0.4, -0.2) is 37.7 Å². The van der Waals surface area contributed by atoms with E-state index in [2.05, 4.69) is 4.99 Å². The van der Waals surface area contributed by atoms with Crippen molar-refractivity contribution in [2.24, 2.45) is 4.99 Å². The van der Waals surface area contributed by atoms with Crippen LogP contribution in [0.2, 0.25) is 5.02 Å². The lowest BCUT2D eigenvalue weighted by atomic mass is 10.1. The zero-order chi connectivity index (χ0) is 20.8. The van der Waals surface area contributed by atoms with Gasteiger partial charge in [0.1, 0.15) is 0 Å². The molecule has 0 radical (unpaired) electrons. The van der Waals surface area contributed by atoms with Crippen molar-refractivity contribution in [3.05, 3.63) is 52.6 Å². The minimum Gasteiger partial charge on any atom is -0.490 e. The highest BCUT2D eigenvalue weighted by Gasteiger charge is 2.26. The molecule has 0 bridgehead atoms. The van der Waals surface area contributed by atoms with E-state index in [0.29, 0.717) is 23.7 Å². The summed E-state index contributed by atoms with van der Waals surface area (Å²) < 4.78 is 26.2. The third-order valence-corrected chi connectivity index (χ3v) is 3.91. The molecule has 0 unspecified atom stereocenters. The van der Waals surface area contributed by atoms with Crippen LogP contribution >= 0.6 is 11.6 Å². The van der Waals surface area contributed by atoms with Crippen LogP contribution in [0.5, 0.6) is 11.5 Å². The normalized spacial score (nSPS) is 14.5. The molecular formula is C20H18ClNO7. The third-order valence-electron chi connectivity index (χ3n) is 3.63. The van der Waals surface area contributed by atoms with Gasteiger partial charge >= 0.3 is 11.9 Å². The second-order valence-corrected chi connectivity index (χ2v) is 6.08. The Kier molecular flexibility index (Phi) is 6.56. The van der Waals surface area contributed by atoms with Crippen LogP contribution in [0.1, 0.15) is 25.2 Å². The van der Waals surface area contributed by atoms with E-state index in [1.165, 1.54) is 12.3 Å². The molecule has 8 nitrogen and oxygen atoms in total. The molecular weight excluding hydrogens is 402 g/mol. The molecule has 0 spiro atoms. The zero-order valence-corrected chi connectivity index (χ0v) is 16.5. The van der Waals surface area contributed by atoms with Crippen molar-refractivity contribution in [3.63, 3.8) is 0 Å². The van der Waals surface area contributed by atoms with Crippen molar-refractivity contribution in [3.8, 4) is 11.5 Å². The lowest BCUT2D eigenvalue weighted by Crippen LogP contribution is -2.15. The molecule has 2 aromatic rings. The summed E-state index contributed by atoms with van der Waals surface area (Å²) in [4.78, 5) is 27.8. The van der Waals surface area contributed by atoms with Crippen LogP contribution in [-0.2, 0) is 19.1 Å². The molecule has 1 aromatic heterocycles. The van der Waals surface area contributed by atoms with Crippen molar-refractivity contribution in [2.45, 2.75) is 13.8 Å². The third kappa shape index (κ3) is 4.97. The SMILES string of the molecule is CCOC(=O)COc1c(Cl)cc(C=C2N=C(c3ccco3)OC2=O)cc1OCC. The van der Waals surface area contributed by atoms with Gasteiger partial charge in [0.2, 0.25) is 0 Å². The summed E-state index contributed by atoms with van der Waals surface area (Å²) in [5.41, 5.74) is 0.619. The maximum absolute atomic E-state index is 12.1. The predicted octanol–water partition coefficient (Wildman–Crippen LogP) is 3.62. The first-order valence-electron chi connectivity index (χ1n) is 8.83. The number of aliphatic imine (C=N–C) groups is 1. The van der Waals surface area contributed by atoms with E-state index in [4.69, 9.17) is 35.0 Å². The van der Waals surface area contributed by atoms with E-state index >= 15 is 0 Å². The number of benzene rings is 1. The van der Waals surface area contributed by atoms with E-state index in [-0.39, 0.29) is 35.6 Å². The molecule has 9 heteroatoms. The van der Waals surface area contributed by atoms with Crippen LogP contribution in [0.25, 0.3) is 6.08 Å². The molecule has 1 aliphatic heterocycles. The highest BCUT2D eigenvalue weighted by molar-refractivity contribution is 6.32. The second kappa shape index (κ2) is 9.29. The summed E-state index contributed by atoms with van der Waals surface area (Å²) in [6.45, 7) is 3.78. The summed E-state index contributed by atoms with van der Waals surface area (Å²) in [5, 5.41) is 0.203. The molecule has 152 valence electrons. The van der Waals surface area contributed by atoms with Gasteiger partial charge in [-0.25, -0.2) is 14.6 Å². The Labute approximate surface area is 171 Å². The maximum Gasteiger partial charge on any atom is 0.363 e.